The number of pyridine rings is 1. The van der Waals surface area contributed by atoms with E-state index in [0.29, 0.717) is 6.04 Å². The van der Waals surface area contributed by atoms with Gasteiger partial charge in [-0.25, -0.2) is 0 Å². The molecule has 0 saturated carbocycles. The van der Waals surface area contributed by atoms with Crippen molar-refractivity contribution < 1.29 is 0 Å². The smallest absolute Gasteiger partial charge is 0.248 e. The van der Waals surface area contributed by atoms with Gasteiger partial charge >= 0.3 is 0 Å². The number of hydrogen-bond donors (Lipinski definition) is 2. The molecule has 0 amide bonds. The van der Waals surface area contributed by atoms with Gasteiger partial charge in [0, 0.05) is 30.5 Å². The molecule has 1 aliphatic rings. The van der Waals surface area contributed by atoms with Gasteiger partial charge in [-0.15, -0.1) is 5.10 Å². The lowest BCUT2D eigenvalue weighted by Gasteiger charge is -2.25. The third kappa shape index (κ3) is 2.73. The summed E-state index contributed by atoms with van der Waals surface area (Å²) in [5, 5.41) is 11.2. The molecule has 0 spiro atoms. The predicted octanol–water partition coefficient (Wildman–Crippen LogP) is 0.634. The monoisotopic (exact) mass is 259 g/mol. The van der Waals surface area contributed by atoms with E-state index >= 15 is 0 Å². The van der Waals surface area contributed by atoms with Crippen molar-refractivity contribution in [2.24, 2.45) is 0 Å². The Labute approximate surface area is 110 Å². The average molecular weight is 259 g/mol. The first-order valence-corrected chi connectivity index (χ1v) is 6.62. The molecular formula is C13H17N5O. The molecule has 6 heteroatoms. The number of nitrogens with zero attached hydrogens (tertiary/aromatic N) is 3. The summed E-state index contributed by atoms with van der Waals surface area (Å²) in [4.78, 5) is 14.3. The van der Waals surface area contributed by atoms with Gasteiger partial charge in [-0.05, 0) is 24.8 Å². The molecule has 1 aliphatic carbocycles. The van der Waals surface area contributed by atoms with Crippen LogP contribution in [0.1, 0.15) is 30.1 Å². The molecule has 0 aliphatic heterocycles. The molecule has 6 nitrogen and oxygen atoms in total. The highest BCUT2D eigenvalue weighted by molar-refractivity contribution is 5.26. The maximum Gasteiger partial charge on any atom is 0.248 e. The van der Waals surface area contributed by atoms with E-state index in [4.69, 9.17) is 0 Å². The van der Waals surface area contributed by atoms with E-state index in [2.05, 4.69) is 20.6 Å². The zero-order valence-electron chi connectivity index (χ0n) is 10.7. The summed E-state index contributed by atoms with van der Waals surface area (Å²) in [5.41, 5.74) is 2.29. The number of aromatic amines is 1. The van der Waals surface area contributed by atoms with E-state index in [0.717, 1.165) is 38.0 Å². The number of aromatic nitrogens is 4. The highest BCUT2D eigenvalue weighted by Gasteiger charge is 2.19. The lowest BCUT2D eigenvalue weighted by Crippen LogP contribution is -2.29. The molecule has 19 heavy (non-hydrogen) atoms. The van der Waals surface area contributed by atoms with E-state index in [9.17, 15) is 4.79 Å². The van der Waals surface area contributed by atoms with Gasteiger partial charge in [0.1, 0.15) is 0 Å². The Morgan fingerprint density at radius 1 is 1.47 bits per heavy atom. The first-order chi connectivity index (χ1) is 9.33. The molecule has 2 heterocycles. The number of rotatable bonds is 4. The summed E-state index contributed by atoms with van der Waals surface area (Å²) in [6.07, 6.45) is 6.71. The largest absolute Gasteiger partial charge is 0.326 e. The summed E-state index contributed by atoms with van der Waals surface area (Å²) in [6.45, 7) is 1.64. The fraction of sp³-hybridized carbons (Fsp3) is 0.462. The van der Waals surface area contributed by atoms with Crippen molar-refractivity contribution in [2.75, 3.05) is 6.54 Å². The molecule has 2 aromatic rings. The number of fused-ring (bicyclic) bond motifs is 1. The number of nitrogens with one attached hydrogen (secondary N) is 2. The van der Waals surface area contributed by atoms with Crippen LogP contribution in [0.3, 0.4) is 0 Å². The quantitative estimate of drug-likeness (QED) is 0.844. The third-order valence-electron chi connectivity index (χ3n) is 3.54. The Hall–Kier alpha value is -1.95. The van der Waals surface area contributed by atoms with Crippen molar-refractivity contribution in [3.8, 4) is 0 Å². The first kappa shape index (κ1) is 12.1. The Kier molecular flexibility index (Phi) is 3.41. The fourth-order valence-corrected chi connectivity index (χ4v) is 2.62. The first-order valence-electron chi connectivity index (χ1n) is 6.62. The molecule has 0 aromatic carbocycles. The molecule has 2 aromatic heterocycles. The van der Waals surface area contributed by atoms with Gasteiger partial charge in [0.05, 0.1) is 12.7 Å². The van der Waals surface area contributed by atoms with Gasteiger partial charge in [-0.1, -0.05) is 11.3 Å². The SMILES string of the molecule is O=c1ccc2c([nH]1)CCCC2NCCn1ccnn1. The number of hydrogen-bond acceptors (Lipinski definition) is 4. The van der Waals surface area contributed by atoms with E-state index in [1.807, 2.05) is 16.9 Å². The second-order valence-electron chi connectivity index (χ2n) is 4.82. The lowest BCUT2D eigenvalue weighted by atomic mass is 9.91. The van der Waals surface area contributed by atoms with Gasteiger partial charge in [0.2, 0.25) is 5.56 Å². The molecule has 0 fully saturated rings. The third-order valence-corrected chi connectivity index (χ3v) is 3.54. The zero-order chi connectivity index (χ0) is 13.1. The Bertz CT molecular complexity index is 589. The van der Waals surface area contributed by atoms with Gasteiger partial charge < -0.3 is 10.3 Å². The van der Waals surface area contributed by atoms with Crippen LogP contribution in [0.5, 0.6) is 0 Å². The van der Waals surface area contributed by atoms with Gasteiger partial charge in [0.25, 0.3) is 0 Å². The standard InChI is InChI=1S/C13H17N5O/c19-13-5-4-10-11(2-1-3-12(10)16-13)14-6-8-18-9-7-15-17-18/h4-5,7,9,11,14H,1-3,6,8H2,(H,16,19). The highest BCUT2D eigenvalue weighted by Crippen LogP contribution is 2.27. The van der Waals surface area contributed by atoms with Gasteiger partial charge in [0.15, 0.2) is 0 Å². The average Bonchev–Trinajstić information content (AvgIpc) is 2.92. The van der Waals surface area contributed by atoms with E-state index in [1.165, 1.54) is 5.56 Å². The Morgan fingerprint density at radius 3 is 3.26 bits per heavy atom. The normalized spacial score (nSPS) is 18.2. The molecule has 100 valence electrons. The molecule has 2 N–H and O–H groups in total. The van der Waals surface area contributed by atoms with Crippen LogP contribution in [0.15, 0.2) is 29.3 Å². The van der Waals surface area contributed by atoms with Crippen molar-refractivity contribution in [3.63, 3.8) is 0 Å². The summed E-state index contributed by atoms with van der Waals surface area (Å²) >= 11 is 0. The molecule has 0 radical (unpaired) electrons. The van der Waals surface area contributed by atoms with Crippen molar-refractivity contribution in [2.45, 2.75) is 31.8 Å². The summed E-state index contributed by atoms with van der Waals surface area (Å²) in [6, 6.07) is 3.88. The van der Waals surface area contributed by atoms with Crippen molar-refractivity contribution >= 4 is 0 Å². The number of aryl methyl sites for hydroxylation is 1. The van der Waals surface area contributed by atoms with Crippen LogP contribution in [0.25, 0.3) is 0 Å². The highest BCUT2D eigenvalue weighted by atomic mass is 16.1. The zero-order valence-corrected chi connectivity index (χ0v) is 10.7. The topological polar surface area (TPSA) is 75.6 Å². The van der Waals surface area contributed by atoms with Gasteiger partial charge in [-0.2, -0.15) is 0 Å². The van der Waals surface area contributed by atoms with Crippen molar-refractivity contribution in [1.29, 1.82) is 0 Å². The van der Waals surface area contributed by atoms with Crippen LogP contribution in [-0.2, 0) is 13.0 Å². The molecule has 3 rings (SSSR count). The van der Waals surface area contributed by atoms with Crippen molar-refractivity contribution in [3.05, 3.63) is 46.1 Å². The van der Waals surface area contributed by atoms with Crippen LogP contribution in [0.2, 0.25) is 0 Å². The van der Waals surface area contributed by atoms with Crippen molar-refractivity contribution in [1.82, 2.24) is 25.3 Å². The molecule has 1 atom stereocenters. The van der Waals surface area contributed by atoms with Gasteiger partial charge in [-0.3, -0.25) is 9.48 Å². The minimum atomic E-state index is -0.0120. The number of H-pyrrole nitrogens is 1. The molecule has 0 bridgehead atoms. The molecule has 0 saturated heterocycles. The summed E-state index contributed by atoms with van der Waals surface area (Å²) in [5.74, 6) is 0. The van der Waals surface area contributed by atoms with Crippen LogP contribution in [0, 0.1) is 0 Å². The predicted molar refractivity (Wildman–Crippen MR) is 70.8 cm³/mol. The minimum Gasteiger partial charge on any atom is -0.326 e. The van der Waals surface area contributed by atoms with Crippen LogP contribution in [-0.4, -0.2) is 26.5 Å². The van der Waals surface area contributed by atoms with E-state index in [-0.39, 0.29) is 5.56 Å². The minimum absolute atomic E-state index is 0.0120. The van der Waals surface area contributed by atoms with E-state index < -0.39 is 0 Å². The Balaban J connectivity index is 1.65. The fourth-order valence-electron chi connectivity index (χ4n) is 2.62. The second kappa shape index (κ2) is 5.36. The van der Waals surface area contributed by atoms with Crippen LogP contribution >= 0.6 is 0 Å². The Morgan fingerprint density at radius 2 is 2.42 bits per heavy atom. The lowest BCUT2D eigenvalue weighted by molar-refractivity contribution is 0.430. The molecule has 1 unspecified atom stereocenters. The maximum absolute atomic E-state index is 11.3. The summed E-state index contributed by atoms with van der Waals surface area (Å²) in [7, 11) is 0. The van der Waals surface area contributed by atoms with Crippen LogP contribution < -0.4 is 10.9 Å². The van der Waals surface area contributed by atoms with Crippen LogP contribution in [0.4, 0.5) is 0 Å². The maximum atomic E-state index is 11.3. The molecular weight excluding hydrogens is 242 g/mol. The van der Waals surface area contributed by atoms with E-state index in [1.54, 1.807) is 12.3 Å². The second-order valence-corrected chi connectivity index (χ2v) is 4.82. The summed E-state index contributed by atoms with van der Waals surface area (Å²) < 4.78 is 1.81.